The standard InChI is InChI=1S/C20H25N5O2/c1-15-22-17(20(26)21-7-9-24-10-12-27-13-11-24)14-19(23-15)25-8-6-16-4-2-3-5-18(16)25/h2-5,14H,6-13H2,1H3,(H,21,26). The maximum Gasteiger partial charge on any atom is 0.270 e. The van der Waals surface area contributed by atoms with E-state index in [2.05, 4.69) is 43.3 Å². The van der Waals surface area contributed by atoms with E-state index in [1.807, 2.05) is 13.0 Å². The van der Waals surface area contributed by atoms with E-state index in [0.29, 0.717) is 18.1 Å². The Bertz CT molecular complexity index is 820. The molecule has 1 aromatic carbocycles. The number of amides is 1. The van der Waals surface area contributed by atoms with Crippen LogP contribution in [0.4, 0.5) is 11.5 Å². The predicted molar refractivity (Wildman–Crippen MR) is 104 cm³/mol. The summed E-state index contributed by atoms with van der Waals surface area (Å²) in [6.07, 6.45) is 0.986. The average molecular weight is 367 g/mol. The van der Waals surface area contributed by atoms with Gasteiger partial charge in [-0.25, -0.2) is 9.97 Å². The number of para-hydroxylation sites is 1. The summed E-state index contributed by atoms with van der Waals surface area (Å²) in [5.74, 6) is 1.24. The van der Waals surface area contributed by atoms with Crippen LogP contribution in [-0.4, -0.2) is 66.7 Å². The minimum atomic E-state index is -0.150. The number of hydrogen-bond donors (Lipinski definition) is 1. The number of carbonyl (C=O) groups excluding carboxylic acids is 1. The smallest absolute Gasteiger partial charge is 0.270 e. The monoisotopic (exact) mass is 367 g/mol. The van der Waals surface area contributed by atoms with E-state index in [4.69, 9.17) is 4.74 Å². The highest BCUT2D eigenvalue weighted by Crippen LogP contribution is 2.33. The van der Waals surface area contributed by atoms with Gasteiger partial charge in [0.25, 0.3) is 5.91 Å². The largest absolute Gasteiger partial charge is 0.379 e. The van der Waals surface area contributed by atoms with Crippen molar-refractivity contribution in [2.24, 2.45) is 0 Å². The van der Waals surface area contributed by atoms with Crippen LogP contribution in [0.1, 0.15) is 21.9 Å². The molecule has 1 N–H and O–H groups in total. The van der Waals surface area contributed by atoms with Crippen molar-refractivity contribution in [1.29, 1.82) is 0 Å². The van der Waals surface area contributed by atoms with Gasteiger partial charge >= 0.3 is 0 Å². The number of nitrogens with one attached hydrogen (secondary N) is 1. The molecule has 0 bridgehead atoms. The summed E-state index contributed by atoms with van der Waals surface area (Å²) in [6, 6.07) is 10.1. The van der Waals surface area contributed by atoms with E-state index in [1.54, 1.807) is 6.07 Å². The van der Waals surface area contributed by atoms with Gasteiger partial charge < -0.3 is 15.0 Å². The molecule has 3 heterocycles. The lowest BCUT2D eigenvalue weighted by molar-refractivity contribution is 0.0383. The lowest BCUT2D eigenvalue weighted by atomic mass is 10.2. The van der Waals surface area contributed by atoms with E-state index in [0.717, 1.165) is 57.3 Å². The van der Waals surface area contributed by atoms with Crippen LogP contribution in [0.2, 0.25) is 0 Å². The van der Waals surface area contributed by atoms with Crippen LogP contribution in [0.5, 0.6) is 0 Å². The van der Waals surface area contributed by atoms with Crippen LogP contribution in [0.15, 0.2) is 30.3 Å². The van der Waals surface area contributed by atoms with E-state index in [9.17, 15) is 4.79 Å². The Labute approximate surface area is 159 Å². The first-order chi connectivity index (χ1) is 13.2. The molecule has 142 valence electrons. The van der Waals surface area contributed by atoms with Crippen molar-refractivity contribution >= 4 is 17.4 Å². The Balaban J connectivity index is 1.43. The van der Waals surface area contributed by atoms with Gasteiger partial charge in [-0.1, -0.05) is 18.2 Å². The lowest BCUT2D eigenvalue weighted by Gasteiger charge is -2.26. The number of aryl methyl sites for hydroxylation is 1. The number of rotatable bonds is 5. The molecule has 2 aliphatic heterocycles. The third kappa shape index (κ3) is 4.09. The fraction of sp³-hybridized carbons (Fsp3) is 0.450. The number of carbonyl (C=O) groups is 1. The molecule has 0 atom stereocenters. The number of anilines is 2. The molecule has 2 aliphatic rings. The molecule has 1 fully saturated rings. The Morgan fingerprint density at radius 3 is 2.85 bits per heavy atom. The molecule has 7 heteroatoms. The summed E-state index contributed by atoms with van der Waals surface area (Å²) in [4.78, 5) is 25.9. The Kier molecular flexibility index (Phi) is 5.31. The summed E-state index contributed by atoms with van der Waals surface area (Å²) >= 11 is 0. The van der Waals surface area contributed by atoms with Gasteiger partial charge in [0.1, 0.15) is 17.3 Å². The third-order valence-corrected chi connectivity index (χ3v) is 5.04. The van der Waals surface area contributed by atoms with E-state index in [-0.39, 0.29) is 5.91 Å². The third-order valence-electron chi connectivity index (χ3n) is 5.04. The van der Waals surface area contributed by atoms with Crippen molar-refractivity contribution in [2.75, 3.05) is 50.8 Å². The molecule has 0 aliphatic carbocycles. The van der Waals surface area contributed by atoms with Crippen molar-refractivity contribution in [3.05, 3.63) is 47.4 Å². The molecule has 1 amide bonds. The molecule has 0 unspecified atom stereocenters. The summed E-state index contributed by atoms with van der Waals surface area (Å²) in [6.45, 7) is 7.49. The number of ether oxygens (including phenoxy) is 1. The van der Waals surface area contributed by atoms with Crippen LogP contribution in [0, 0.1) is 6.92 Å². The number of hydrogen-bond acceptors (Lipinski definition) is 6. The lowest BCUT2D eigenvalue weighted by Crippen LogP contribution is -2.41. The minimum Gasteiger partial charge on any atom is -0.379 e. The van der Waals surface area contributed by atoms with Crippen molar-refractivity contribution in [3.63, 3.8) is 0 Å². The van der Waals surface area contributed by atoms with Crippen LogP contribution in [-0.2, 0) is 11.2 Å². The fourth-order valence-corrected chi connectivity index (χ4v) is 3.63. The zero-order chi connectivity index (χ0) is 18.6. The van der Waals surface area contributed by atoms with Gasteiger partial charge in [0.05, 0.1) is 13.2 Å². The highest BCUT2D eigenvalue weighted by atomic mass is 16.5. The normalized spacial score (nSPS) is 17.0. The second-order valence-electron chi connectivity index (χ2n) is 6.90. The number of aromatic nitrogens is 2. The maximum absolute atomic E-state index is 12.6. The van der Waals surface area contributed by atoms with Gasteiger partial charge in [0.2, 0.25) is 0 Å². The minimum absolute atomic E-state index is 0.150. The summed E-state index contributed by atoms with van der Waals surface area (Å²) in [5, 5.41) is 2.98. The molecule has 1 aromatic heterocycles. The fourth-order valence-electron chi connectivity index (χ4n) is 3.63. The zero-order valence-corrected chi connectivity index (χ0v) is 15.6. The molecule has 0 saturated carbocycles. The first-order valence-electron chi connectivity index (χ1n) is 9.50. The van der Waals surface area contributed by atoms with E-state index >= 15 is 0 Å². The van der Waals surface area contributed by atoms with Gasteiger partial charge in [-0.2, -0.15) is 0 Å². The highest BCUT2D eigenvalue weighted by Gasteiger charge is 2.22. The van der Waals surface area contributed by atoms with Crippen LogP contribution in [0.25, 0.3) is 0 Å². The van der Waals surface area contributed by atoms with Gasteiger partial charge in [-0.05, 0) is 25.0 Å². The van der Waals surface area contributed by atoms with Crippen LogP contribution >= 0.6 is 0 Å². The van der Waals surface area contributed by atoms with Crippen molar-refractivity contribution in [3.8, 4) is 0 Å². The number of morpholine rings is 1. The first-order valence-corrected chi connectivity index (χ1v) is 9.50. The second-order valence-corrected chi connectivity index (χ2v) is 6.90. The molecule has 1 saturated heterocycles. The number of benzene rings is 1. The zero-order valence-electron chi connectivity index (χ0n) is 15.6. The topological polar surface area (TPSA) is 70.6 Å². The van der Waals surface area contributed by atoms with Crippen LogP contribution in [0.3, 0.4) is 0 Å². The molecule has 2 aromatic rings. The molecule has 27 heavy (non-hydrogen) atoms. The number of fused-ring (bicyclic) bond motifs is 1. The Hall–Kier alpha value is -2.51. The molecular weight excluding hydrogens is 342 g/mol. The van der Waals surface area contributed by atoms with Gasteiger partial charge in [0.15, 0.2) is 0 Å². The maximum atomic E-state index is 12.6. The Morgan fingerprint density at radius 1 is 1.19 bits per heavy atom. The molecular formula is C20H25N5O2. The highest BCUT2D eigenvalue weighted by molar-refractivity contribution is 5.93. The van der Waals surface area contributed by atoms with E-state index < -0.39 is 0 Å². The first kappa shape index (κ1) is 17.9. The summed E-state index contributed by atoms with van der Waals surface area (Å²) in [5.41, 5.74) is 2.89. The molecule has 0 spiro atoms. The van der Waals surface area contributed by atoms with Crippen molar-refractivity contribution in [1.82, 2.24) is 20.2 Å². The molecule has 0 radical (unpaired) electrons. The second kappa shape index (κ2) is 8.02. The molecule has 7 nitrogen and oxygen atoms in total. The number of nitrogens with zero attached hydrogens (tertiary/aromatic N) is 4. The van der Waals surface area contributed by atoms with E-state index in [1.165, 1.54) is 5.56 Å². The van der Waals surface area contributed by atoms with Crippen molar-refractivity contribution in [2.45, 2.75) is 13.3 Å². The summed E-state index contributed by atoms with van der Waals surface area (Å²) < 4.78 is 5.35. The summed E-state index contributed by atoms with van der Waals surface area (Å²) in [7, 11) is 0. The van der Waals surface area contributed by atoms with Crippen molar-refractivity contribution < 1.29 is 9.53 Å². The average Bonchev–Trinajstić information content (AvgIpc) is 3.12. The van der Waals surface area contributed by atoms with Gasteiger partial charge in [-0.3, -0.25) is 9.69 Å². The Morgan fingerprint density at radius 2 is 2.00 bits per heavy atom. The predicted octanol–water partition coefficient (Wildman–Crippen LogP) is 1.54. The SMILES string of the molecule is Cc1nc(C(=O)NCCN2CCOCC2)cc(N2CCc3ccccc32)n1. The van der Waals surface area contributed by atoms with Crippen LogP contribution < -0.4 is 10.2 Å². The van der Waals surface area contributed by atoms with Gasteiger partial charge in [0, 0.05) is 44.5 Å². The molecule has 4 rings (SSSR count). The van der Waals surface area contributed by atoms with Gasteiger partial charge in [-0.15, -0.1) is 0 Å². The quantitative estimate of drug-likeness (QED) is 0.865.